The molecule has 1 amide bonds. The van der Waals surface area contributed by atoms with Gasteiger partial charge in [0.25, 0.3) is 0 Å². The Morgan fingerprint density at radius 1 is 1.03 bits per heavy atom. The summed E-state index contributed by atoms with van der Waals surface area (Å²) in [7, 11) is 1.48. The second kappa shape index (κ2) is 15.7. The van der Waals surface area contributed by atoms with Crippen LogP contribution < -0.4 is 4.74 Å². The summed E-state index contributed by atoms with van der Waals surface area (Å²) in [6.07, 6.45) is 4.57. The normalized spacial score (nSPS) is 26.8. The van der Waals surface area contributed by atoms with Crippen molar-refractivity contribution in [3.8, 4) is 5.75 Å². The molecule has 9 nitrogen and oxygen atoms in total. The van der Waals surface area contributed by atoms with Crippen LogP contribution >= 0.6 is 0 Å². The Morgan fingerprint density at radius 2 is 1.74 bits per heavy atom. The Bertz CT molecular complexity index is 816. The van der Waals surface area contributed by atoms with Crippen molar-refractivity contribution in [1.29, 1.82) is 0 Å². The minimum absolute atomic E-state index is 0.0244. The molecule has 3 rings (SSSR count). The van der Waals surface area contributed by atoms with Crippen molar-refractivity contribution in [2.75, 3.05) is 53.1 Å². The predicted molar refractivity (Wildman–Crippen MR) is 145 cm³/mol. The Hall–Kier alpha value is -1.75. The van der Waals surface area contributed by atoms with E-state index in [2.05, 4.69) is 17.0 Å². The smallest absolute Gasteiger partial charge is 0.219 e. The van der Waals surface area contributed by atoms with Gasteiger partial charge in [0.1, 0.15) is 30.7 Å². The van der Waals surface area contributed by atoms with Crippen molar-refractivity contribution in [2.45, 2.75) is 88.7 Å². The van der Waals surface area contributed by atoms with Crippen molar-refractivity contribution < 1.29 is 34.3 Å². The van der Waals surface area contributed by atoms with Crippen molar-refractivity contribution >= 4 is 5.91 Å². The molecular weight excluding hydrogens is 488 g/mol. The lowest BCUT2D eigenvalue weighted by Crippen LogP contribution is -2.48. The molecule has 2 fully saturated rings. The van der Waals surface area contributed by atoms with Gasteiger partial charge in [0.15, 0.2) is 0 Å². The predicted octanol–water partition coefficient (Wildman–Crippen LogP) is 2.35. The molecule has 0 radical (unpaired) electrons. The fraction of sp³-hybridized carbons (Fsp3) is 0.759. The number of methoxy groups -OCH3 is 1. The molecule has 1 aromatic rings. The summed E-state index contributed by atoms with van der Waals surface area (Å²) < 4.78 is 16.9. The second-order valence-electron chi connectivity index (χ2n) is 10.9. The molecule has 0 unspecified atom stereocenters. The van der Waals surface area contributed by atoms with Crippen molar-refractivity contribution in [3.05, 3.63) is 29.8 Å². The molecular formula is C29H48N2O7. The highest BCUT2D eigenvalue weighted by molar-refractivity contribution is 5.73. The highest BCUT2D eigenvalue weighted by atomic mass is 16.5. The average Bonchev–Trinajstić information content (AvgIpc) is 2.91. The van der Waals surface area contributed by atoms with Crippen molar-refractivity contribution in [2.24, 2.45) is 0 Å². The minimum atomic E-state index is -1.14. The van der Waals surface area contributed by atoms with E-state index in [1.807, 2.05) is 12.1 Å². The summed E-state index contributed by atoms with van der Waals surface area (Å²) in [5, 5.41) is 31.5. The average molecular weight is 537 g/mol. The number of ether oxygens (including phenoxy) is 3. The largest absolute Gasteiger partial charge is 0.491 e. The van der Waals surface area contributed by atoms with Gasteiger partial charge in [0.2, 0.25) is 5.91 Å². The molecule has 1 aliphatic carbocycles. The van der Waals surface area contributed by atoms with E-state index in [1.165, 1.54) is 26.0 Å². The molecule has 216 valence electrons. The van der Waals surface area contributed by atoms with E-state index in [4.69, 9.17) is 14.2 Å². The number of rotatable bonds is 6. The van der Waals surface area contributed by atoms with Crippen LogP contribution in [-0.2, 0) is 20.8 Å². The summed E-state index contributed by atoms with van der Waals surface area (Å²) in [6, 6.07) is 8.10. The van der Waals surface area contributed by atoms with Crippen LogP contribution in [0.15, 0.2) is 24.3 Å². The molecule has 0 aromatic heterocycles. The number of aliphatic hydroxyl groups is 3. The molecule has 3 atom stereocenters. The molecule has 9 heteroatoms. The fourth-order valence-corrected chi connectivity index (χ4v) is 5.28. The van der Waals surface area contributed by atoms with Gasteiger partial charge in [-0.3, -0.25) is 9.69 Å². The van der Waals surface area contributed by atoms with Crippen LogP contribution in [0.2, 0.25) is 0 Å². The van der Waals surface area contributed by atoms with E-state index in [9.17, 15) is 20.1 Å². The zero-order valence-corrected chi connectivity index (χ0v) is 23.2. The van der Waals surface area contributed by atoms with Gasteiger partial charge in [-0.15, -0.1) is 0 Å². The maximum Gasteiger partial charge on any atom is 0.219 e. The van der Waals surface area contributed by atoms with Crippen LogP contribution in [-0.4, -0.2) is 108 Å². The zero-order valence-electron chi connectivity index (χ0n) is 23.2. The van der Waals surface area contributed by atoms with E-state index < -0.39 is 23.9 Å². The van der Waals surface area contributed by atoms with Crippen LogP contribution in [0.1, 0.15) is 63.9 Å². The molecule has 1 heterocycles. The Labute approximate surface area is 227 Å². The molecule has 2 aliphatic rings. The van der Waals surface area contributed by atoms with Gasteiger partial charge >= 0.3 is 0 Å². The van der Waals surface area contributed by atoms with Gasteiger partial charge in [-0.25, -0.2) is 0 Å². The highest BCUT2D eigenvalue weighted by Gasteiger charge is 2.30. The summed E-state index contributed by atoms with van der Waals surface area (Å²) in [5.41, 5.74) is 0.474. The van der Waals surface area contributed by atoms with Gasteiger partial charge in [0, 0.05) is 46.8 Å². The monoisotopic (exact) mass is 536 g/mol. The van der Waals surface area contributed by atoms with Crippen LogP contribution in [0.25, 0.3) is 0 Å². The second-order valence-corrected chi connectivity index (χ2v) is 10.9. The highest BCUT2D eigenvalue weighted by Crippen LogP contribution is 2.29. The first kappa shape index (κ1) is 30.8. The first-order valence-electron chi connectivity index (χ1n) is 14.2. The standard InChI is InChI=1S/C29H48N2O7/c1-23(32)31-17-8-16-30(15-6-7-18-37-21-26(33)28(34)27(20-31)36-2)19-24-9-11-25(12-10-24)38-22-29(35)13-4-3-5-14-29/h9-12,26-28,33-35H,3-8,13-22H2,1-2H3/t26-,27-,28-/m0/s1. The van der Waals surface area contributed by atoms with Gasteiger partial charge in [-0.05, 0) is 56.3 Å². The van der Waals surface area contributed by atoms with Crippen molar-refractivity contribution in [3.63, 3.8) is 0 Å². The molecule has 1 aliphatic heterocycles. The van der Waals surface area contributed by atoms with Gasteiger partial charge < -0.3 is 34.4 Å². The third-order valence-corrected chi connectivity index (χ3v) is 7.75. The molecule has 0 bridgehead atoms. The maximum absolute atomic E-state index is 12.3. The van der Waals surface area contributed by atoms with E-state index in [1.54, 1.807) is 4.90 Å². The molecule has 1 saturated carbocycles. The Kier molecular flexibility index (Phi) is 12.8. The van der Waals surface area contributed by atoms with Gasteiger partial charge in [0.05, 0.1) is 12.2 Å². The molecule has 3 N–H and O–H groups in total. The number of carbonyl (C=O) groups excluding carboxylic acids is 1. The molecule has 1 aromatic carbocycles. The first-order chi connectivity index (χ1) is 18.3. The van der Waals surface area contributed by atoms with E-state index in [0.29, 0.717) is 19.8 Å². The quantitative estimate of drug-likeness (QED) is 0.508. The lowest BCUT2D eigenvalue weighted by molar-refractivity contribution is -0.136. The zero-order chi connectivity index (χ0) is 27.4. The number of amides is 1. The molecule has 0 spiro atoms. The van der Waals surface area contributed by atoms with E-state index >= 15 is 0 Å². The molecule has 1 saturated heterocycles. The number of nitrogens with zero attached hydrogens (tertiary/aromatic N) is 2. The number of carbonyl (C=O) groups is 1. The summed E-state index contributed by atoms with van der Waals surface area (Å²) in [5.74, 6) is 0.686. The van der Waals surface area contributed by atoms with Crippen LogP contribution in [0, 0.1) is 0 Å². The minimum Gasteiger partial charge on any atom is -0.491 e. The summed E-state index contributed by atoms with van der Waals surface area (Å²) in [6.45, 7) is 5.63. The molecule has 38 heavy (non-hydrogen) atoms. The number of benzene rings is 1. The van der Waals surface area contributed by atoms with Crippen LogP contribution in [0.4, 0.5) is 0 Å². The van der Waals surface area contributed by atoms with E-state index in [0.717, 1.165) is 70.3 Å². The third kappa shape index (κ3) is 10.1. The Morgan fingerprint density at radius 3 is 2.42 bits per heavy atom. The first-order valence-corrected chi connectivity index (χ1v) is 14.2. The number of hydrogen-bond acceptors (Lipinski definition) is 8. The third-order valence-electron chi connectivity index (χ3n) is 7.75. The van der Waals surface area contributed by atoms with Crippen LogP contribution in [0.3, 0.4) is 0 Å². The summed E-state index contributed by atoms with van der Waals surface area (Å²) in [4.78, 5) is 16.3. The number of hydrogen-bond donors (Lipinski definition) is 3. The Balaban J connectivity index is 1.57. The van der Waals surface area contributed by atoms with Gasteiger partial charge in [-0.1, -0.05) is 31.4 Å². The van der Waals surface area contributed by atoms with E-state index in [-0.39, 0.29) is 19.1 Å². The lowest BCUT2D eigenvalue weighted by atomic mass is 9.85. The maximum atomic E-state index is 12.3. The fourth-order valence-electron chi connectivity index (χ4n) is 5.28. The number of aliphatic hydroxyl groups excluding tert-OH is 2. The summed E-state index contributed by atoms with van der Waals surface area (Å²) >= 11 is 0. The SMILES string of the molecule is CO[C@H]1CN(C(C)=O)CCCN(Cc2ccc(OCC3(O)CCCCC3)cc2)CCCCOC[C@H](O)[C@@H]1O. The van der Waals surface area contributed by atoms with Crippen molar-refractivity contribution in [1.82, 2.24) is 9.80 Å². The van der Waals surface area contributed by atoms with Crippen LogP contribution in [0.5, 0.6) is 5.75 Å². The lowest BCUT2D eigenvalue weighted by Gasteiger charge is -2.31. The topological polar surface area (TPSA) is 112 Å². The van der Waals surface area contributed by atoms with Gasteiger partial charge in [-0.2, -0.15) is 0 Å².